The number of nitrogens with zero attached hydrogens (tertiary/aromatic N) is 1. The SMILES string of the molecule is CC(O[C]=O)c1cc[nH]n1. The van der Waals surface area contributed by atoms with E-state index in [1.54, 1.807) is 19.2 Å². The van der Waals surface area contributed by atoms with Gasteiger partial charge in [-0.2, -0.15) is 5.10 Å². The summed E-state index contributed by atoms with van der Waals surface area (Å²) in [7, 11) is 0. The molecule has 1 unspecified atom stereocenters. The second-order valence-corrected chi connectivity index (χ2v) is 1.84. The van der Waals surface area contributed by atoms with E-state index in [1.807, 2.05) is 0 Å². The molecule has 10 heavy (non-hydrogen) atoms. The Balaban J connectivity index is 2.58. The Kier molecular flexibility index (Phi) is 2.04. The van der Waals surface area contributed by atoms with E-state index in [-0.39, 0.29) is 6.10 Å². The topological polar surface area (TPSA) is 55.0 Å². The maximum absolute atomic E-state index is 9.73. The third kappa shape index (κ3) is 1.34. The minimum absolute atomic E-state index is 0.316. The summed E-state index contributed by atoms with van der Waals surface area (Å²) in [6, 6.07) is 1.74. The molecular weight excluding hydrogens is 132 g/mol. The molecule has 0 fully saturated rings. The summed E-state index contributed by atoms with van der Waals surface area (Å²) < 4.78 is 4.50. The van der Waals surface area contributed by atoms with E-state index in [0.29, 0.717) is 5.69 Å². The molecule has 4 nitrogen and oxygen atoms in total. The molecule has 0 aromatic carbocycles. The van der Waals surface area contributed by atoms with Crippen LogP contribution < -0.4 is 0 Å². The molecule has 1 aromatic rings. The molecule has 0 aliphatic carbocycles. The highest BCUT2D eigenvalue weighted by atomic mass is 16.5. The van der Waals surface area contributed by atoms with Crippen molar-refractivity contribution >= 4 is 6.47 Å². The maximum Gasteiger partial charge on any atom is 0.418 e. The molecular formula is C6H7N2O2. The van der Waals surface area contributed by atoms with Crippen molar-refractivity contribution in [3.05, 3.63) is 18.0 Å². The van der Waals surface area contributed by atoms with Crippen LogP contribution in [0, 0.1) is 0 Å². The molecule has 1 N–H and O–H groups in total. The lowest BCUT2D eigenvalue weighted by Crippen LogP contribution is -1.97. The van der Waals surface area contributed by atoms with Crippen LogP contribution in [0.3, 0.4) is 0 Å². The van der Waals surface area contributed by atoms with E-state index < -0.39 is 0 Å². The average molecular weight is 139 g/mol. The van der Waals surface area contributed by atoms with Gasteiger partial charge in [0, 0.05) is 6.20 Å². The maximum atomic E-state index is 9.73. The molecule has 1 rings (SSSR count). The first-order valence-electron chi connectivity index (χ1n) is 2.87. The van der Waals surface area contributed by atoms with Gasteiger partial charge in [0.2, 0.25) is 0 Å². The minimum atomic E-state index is -0.316. The number of hydrogen-bond donors (Lipinski definition) is 1. The van der Waals surface area contributed by atoms with Gasteiger partial charge in [0.1, 0.15) is 11.8 Å². The Bertz CT molecular complexity index is 196. The second kappa shape index (κ2) is 3.00. The fourth-order valence-electron chi connectivity index (χ4n) is 0.631. The van der Waals surface area contributed by atoms with Crippen molar-refractivity contribution in [2.75, 3.05) is 0 Å². The fraction of sp³-hybridized carbons (Fsp3) is 0.333. The number of H-pyrrole nitrogens is 1. The highest BCUT2D eigenvalue weighted by molar-refractivity contribution is 5.39. The van der Waals surface area contributed by atoms with Crippen molar-refractivity contribution in [2.24, 2.45) is 0 Å². The number of aromatic nitrogens is 2. The van der Waals surface area contributed by atoms with Gasteiger partial charge in [-0.15, -0.1) is 0 Å². The van der Waals surface area contributed by atoms with Gasteiger partial charge in [0.15, 0.2) is 0 Å². The van der Waals surface area contributed by atoms with Gasteiger partial charge < -0.3 is 4.74 Å². The smallest absolute Gasteiger partial charge is 0.418 e. The number of aromatic amines is 1. The van der Waals surface area contributed by atoms with Crippen LogP contribution in [-0.4, -0.2) is 16.7 Å². The number of rotatable bonds is 3. The summed E-state index contributed by atoms with van der Waals surface area (Å²) in [6.45, 7) is 3.08. The zero-order valence-electron chi connectivity index (χ0n) is 5.50. The highest BCUT2D eigenvalue weighted by Gasteiger charge is 2.06. The first-order valence-corrected chi connectivity index (χ1v) is 2.87. The zero-order valence-corrected chi connectivity index (χ0v) is 5.50. The molecule has 1 heterocycles. The normalized spacial score (nSPS) is 12.5. The first-order chi connectivity index (χ1) is 4.84. The standard InChI is InChI=1S/C6H7N2O2/c1-5(10-4-9)6-2-3-7-8-6/h2-3,5H,1H3,(H,7,8). The largest absolute Gasteiger partial charge is 0.448 e. The highest BCUT2D eigenvalue weighted by Crippen LogP contribution is 2.10. The van der Waals surface area contributed by atoms with Crippen LogP contribution in [0.15, 0.2) is 12.3 Å². The van der Waals surface area contributed by atoms with Gasteiger partial charge >= 0.3 is 6.47 Å². The van der Waals surface area contributed by atoms with Gasteiger partial charge in [-0.1, -0.05) is 0 Å². The van der Waals surface area contributed by atoms with Gasteiger partial charge in [-0.3, -0.25) is 5.10 Å². The third-order valence-corrected chi connectivity index (χ3v) is 1.16. The summed E-state index contributed by atoms with van der Waals surface area (Å²) >= 11 is 0. The Morgan fingerprint density at radius 2 is 2.70 bits per heavy atom. The third-order valence-electron chi connectivity index (χ3n) is 1.16. The fourth-order valence-corrected chi connectivity index (χ4v) is 0.631. The lowest BCUT2D eigenvalue weighted by molar-refractivity contribution is 0.193. The van der Waals surface area contributed by atoms with E-state index in [9.17, 15) is 4.79 Å². The molecule has 0 amide bonds. The Hall–Kier alpha value is -1.32. The van der Waals surface area contributed by atoms with E-state index in [0.717, 1.165) is 0 Å². The van der Waals surface area contributed by atoms with Crippen molar-refractivity contribution in [2.45, 2.75) is 13.0 Å². The van der Waals surface area contributed by atoms with Crippen molar-refractivity contribution in [1.29, 1.82) is 0 Å². The number of hydrogen-bond acceptors (Lipinski definition) is 3. The molecule has 0 spiro atoms. The lowest BCUT2D eigenvalue weighted by Gasteiger charge is -2.02. The number of nitrogens with one attached hydrogen (secondary N) is 1. The zero-order chi connectivity index (χ0) is 7.40. The molecule has 0 aliphatic rings. The van der Waals surface area contributed by atoms with Crippen LogP contribution >= 0.6 is 0 Å². The van der Waals surface area contributed by atoms with Crippen LogP contribution in [0.1, 0.15) is 18.7 Å². The van der Waals surface area contributed by atoms with Crippen molar-refractivity contribution in [3.63, 3.8) is 0 Å². The van der Waals surface area contributed by atoms with Crippen molar-refractivity contribution < 1.29 is 9.53 Å². The van der Waals surface area contributed by atoms with Gasteiger partial charge in [-0.05, 0) is 13.0 Å². The molecule has 0 saturated carbocycles. The summed E-state index contributed by atoms with van der Waals surface area (Å²) in [5, 5.41) is 6.42. The number of carbonyl (C=O) groups excluding carboxylic acids is 1. The quantitative estimate of drug-likeness (QED) is 0.665. The lowest BCUT2D eigenvalue weighted by atomic mass is 10.3. The van der Waals surface area contributed by atoms with Crippen molar-refractivity contribution in [3.8, 4) is 0 Å². The predicted molar refractivity (Wildman–Crippen MR) is 33.8 cm³/mol. The predicted octanol–water partition coefficient (Wildman–Crippen LogP) is 0.554. The summed E-state index contributed by atoms with van der Waals surface area (Å²) in [5.41, 5.74) is 0.698. The van der Waals surface area contributed by atoms with Crippen LogP contribution in [0.25, 0.3) is 0 Å². The van der Waals surface area contributed by atoms with Gasteiger partial charge in [0.05, 0.1) is 0 Å². The first kappa shape index (κ1) is 6.80. The molecule has 1 atom stereocenters. The molecule has 0 aliphatic heterocycles. The second-order valence-electron chi connectivity index (χ2n) is 1.84. The Morgan fingerprint density at radius 3 is 3.20 bits per heavy atom. The molecule has 0 bridgehead atoms. The summed E-state index contributed by atoms with van der Waals surface area (Å²) in [4.78, 5) is 9.73. The Labute approximate surface area is 58.2 Å². The molecule has 4 heteroatoms. The molecule has 0 saturated heterocycles. The summed E-state index contributed by atoms with van der Waals surface area (Å²) in [5.74, 6) is 0. The monoisotopic (exact) mass is 139 g/mol. The summed E-state index contributed by atoms with van der Waals surface area (Å²) in [6.07, 6.45) is 1.35. The van der Waals surface area contributed by atoms with E-state index in [2.05, 4.69) is 14.9 Å². The van der Waals surface area contributed by atoms with Gasteiger partial charge in [0.25, 0.3) is 0 Å². The average Bonchev–Trinajstić information content (AvgIpc) is 2.38. The van der Waals surface area contributed by atoms with Gasteiger partial charge in [-0.25, -0.2) is 4.79 Å². The van der Waals surface area contributed by atoms with Crippen LogP contribution in [0.5, 0.6) is 0 Å². The van der Waals surface area contributed by atoms with Crippen LogP contribution in [0.2, 0.25) is 0 Å². The number of ether oxygens (including phenoxy) is 1. The van der Waals surface area contributed by atoms with Crippen molar-refractivity contribution in [1.82, 2.24) is 10.2 Å². The van der Waals surface area contributed by atoms with E-state index in [4.69, 9.17) is 0 Å². The van der Waals surface area contributed by atoms with E-state index >= 15 is 0 Å². The van der Waals surface area contributed by atoms with E-state index in [1.165, 1.54) is 6.47 Å². The molecule has 1 radical (unpaired) electrons. The minimum Gasteiger partial charge on any atom is -0.448 e. The molecule has 53 valence electrons. The van der Waals surface area contributed by atoms with Crippen LogP contribution in [-0.2, 0) is 9.53 Å². The Morgan fingerprint density at radius 1 is 1.90 bits per heavy atom. The van der Waals surface area contributed by atoms with Crippen LogP contribution in [0.4, 0.5) is 0 Å². The molecule has 1 aromatic heterocycles.